The van der Waals surface area contributed by atoms with Crippen molar-refractivity contribution >= 4 is 28.9 Å². The molecule has 5 fully saturated rings. The molecule has 5 aliphatic carbocycles. The number of rotatable bonds is 4. The molecule has 0 saturated heterocycles. The van der Waals surface area contributed by atoms with Crippen LogP contribution in [0.2, 0.25) is 0 Å². The molecule has 1 N–H and O–H groups in total. The number of aliphatic imine (C=N–C) groups is 1. The molecule has 1 aromatic rings. The predicted octanol–water partition coefficient (Wildman–Crippen LogP) is 7.05. The van der Waals surface area contributed by atoms with Crippen LogP contribution < -0.4 is 4.90 Å². The van der Waals surface area contributed by atoms with Gasteiger partial charge in [-0.3, -0.25) is 4.99 Å². The second-order valence-corrected chi connectivity index (χ2v) is 14.4. The van der Waals surface area contributed by atoms with Crippen LogP contribution in [-0.4, -0.2) is 31.5 Å². The number of hydrogen-bond donors (Lipinski definition) is 1. The molecule has 31 heavy (non-hydrogen) atoms. The first-order valence-corrected chi connectivity index (χ1v) is 18.3. The van der Waals surface area contributed by atoms with E-state index in [-0.39, 0.29) is 5.41 Å². The fourth-order valence-corrected chi connectivity index (χ4v) is 7.26. The molecule has 0 heterocycles. The van der Waals surface area contributed by atoms with Gasteiger partial charge in [-0.25, -0.2) is 0 Å². The molecule has 6 rings (SSSR count). The summed E-state index contributed by atoms with van der Waals surface area (Å²) in [7, 11) is 14.1. The third-order valence-electron chi connectivity index (χ3n) is 8.25. The molecule has 0 amide bonds. The van der Waals surface area contributed by atoms with Crippen LogP contribution in [0.3, 0.4) is 0 Å². The Morgan fingerprint density at radius 1 is 1.00 bits per heavy atom. The van der Waals surface area contributed by atoms with E-state index in [2.05, 4.69) is 31.1 Å². The Bertz CT molecular complexity index is 757. The average Bonchev–Trinajstić information content (AvgIpc) is 2.73. The summed E-state index contributed by atoms with van der Waals surface area (Å²) < 4.78 is 0. The summed E-state index contributed by atoms with van der Waals surface area (Å²) >= 11 is -0.826. The number of phenols is 1. The van der Waals surface area contributed by atoms with E-state index in [1.165, 1.54) is 81.9 Å². The molecule has 4 bridgehead atoms. The molecule has 0 aromatic heterocycles. The number of nitrogens with zero attached hydrogens (tertiary/aromatic N) is 2. The summed E-state index contributed by atoms with van der Waals surface area (Å²) in [4.78, 5) is 7.08. The molecule has 3 nitrogen and oxygen atoms in total. The van der Waals surface area contributed by atoms with Gasteiger partial charge < -0.3 is 10.0 Å². The van der Waals surface area contributed by atoms with E-state index >= 15 is 0 Å². The van der Waals surface area contributed by atoms with E-state index < -0.39 is 20.8 Å². The van der Waals surface area contributed by atoms with Gasteiger partial charge in [0.25, 0.3) is 0 Å². The van der Waals surface area contributed by atoms with Crippen molar-refractivity contribution in [1.82, 2.24) is 0 Å². The van der Waals surface area contributed by atoms with E-state index in [1.807, 2.05) is 6.21 Å². The second kappa shape index (κ2) is 10.5. The Balaban J connectivity index is 0.000000730. The van der Waals surface area contributed by atoms with Crippen molar-refractivity contribution < 1.29 is 26.0 Å². The number of halogens is 2. The summed E-state index contributed by atoms with van der Waals surface area (Å²) in [6.07, 6.45) is 16.5. The van der Waals surface area contributed by atoms with Gasteiger partial charge in [0.1, 0.15) is 5.75 Å². The molecular weight excluding hydrogens is 506 g/mol. The summed E-state index contributed by atoms with van der Waals surface area (Å²) in [5, 5.41) is 11.4. The van der Waals surface area contributed by atoms with Crippen molar-refractivity contribution in [3.63, 3.8) is 0 Å². The Morgan fingerprint density at radius 2 is 1.55 bits per heavy atom. The number of benzene rings is 1. The van der Waals surface area contributed by atoms with Crippen LogP contribution in [0, 0.1) is 17.8 Å². The molecule has 0 aliphatic heterocycles. The molecular formula is C25H36Cl2N2OZr. The fraction of sp³-hybridized carbons (Fsp3) is 0.720. The topological polar surface area (TPSA) is 35.8 Å². The quantitative estimate of drug-likeness (QED) is 0.414. The van der Waals surface area contributed by atoms with Gasteiger partial charge in [0.2, 0.25) is 0 Å². The number of phenolic OH excluding ortho intramolecular Hbond substituents is 1. The van der Waals surface area contributed by atoms with Gasteiger partial charge >= 0.3 is 37.9 Å². The van der Waals surface area contributed by atoms with E-state index in [0.29, 0.717) is 11.8 Å². The maximum absolute atomic E-state index is 11.4. The van der Waals surface area contributed by atoms with Gasteiger partial charge in [-0.05, 0) is 86.7 Å². The van der Waals surface area contributed by atoms with Crippen LogP contribution in [0.1, 0.15) is 81.8 Å². The van der Waals surface area contributed by atoms with Crippen molar-refractivity contribution in [2.45, 2.75) is 82.1 Å². The molecule has 0 unspecified atom stereocenters. The van der Waals surface area contributed by atoms with Gasteiger partial charge in [-0.2, -0.15) is 0 Å². The molecule has 5 saturated carbocycles. The first-order chi connectivity index (χ1) is 14.9. The second-order valence-electron chi connectivity index (χ2n) is 10.7. The van der Waals surface area contributed by atoms with Crippen molar-refractivity contribution in [3.8, 4) is 5.75 Å². The van der Waals surface area contributed by atoms with Crippen LogP contribution >= 0.6 is 17.0 Å². The van der Waals surface area contributed by atoms with E-state index in [0.717, 1.165) is 23.3 Å². The zero-order valence-electron chi connectivity index (χ0n) is 18.9. The minimum atomic E-state index is -0.826. The van der Waals surface area contributed by atoms with Crippen LogP contribution in [0.4, 0.5) is 5.69 Å². The molecule has 1 aromatic carbocycles. The van der Waals surface area contributed by atoms with E-state index in [4.69, 9.17) is 22.0 Å². The van der Waals surface area contributed by atoms with Gasteiger partial charge in [0.05, 0.1) is 0 Å². The SMILES string of the molecule is CN(C)c1cc(C=NC2CCCCC2)c(O)c(C23CC4CC(CC(C4)C2)C3)c1.[Cl][Zr][Cl]. The van der Waals surface area contributed by atoms with Gasteiger partial charge in [0, 0.05) is 43.2 Å². The summed E-state index contributed by atoms with van der Waals surface area (Å²) in [5.41, 5.74) is 3.57. The zero-order chi connectivity index (χ0) is 22.0. The Morgan fingerprint density at radius 3 is 2.06 bits per heavy atom. The predicted molar refractivity (Wildman–Crippen MR) is 128 cm³/mol. The number of hydrogen-bond acceptors (Lipinski definition) is 3. The maximum atomic E-state index is 11.4. The van der Waals surface area contributed by atoms with Gasteiger partial charge in [-0.1, -0.05) is 19.3 Å². The molecule has 5 aliphatic rings. The van der Waals surface area contributed by atoms with Crippen LogP contribution in [0.25, 0.3) is 0 Å². The third-order valence-corrected chi connectivity index (χ3v) is 8.25. The normalized spacial score (nSPS) is 32.1. The van der Waals surface area contributed by atoms with Crippen LogP contribution in [-0.2, 0) is 26.3 Å². The van der Waals surface area contributed by atoms with E-state index in [1.54, 1.807) is 0 Å². The first-order valence-electron chi connectivity index (χ1n) is 12.0. The third kappa shape index (κ3) is 5.38. The van der Waals surface area contributed by atoms with Crippen LogP contribution in [0.5, 0.6) is 5.75 Å². The summed E-state index contributed by atoms with van der Waals surface area (Å²) in [6.45, 7) is 0. The molecule has 0 spiro atoms. The van der Waals surface area contributed by atoms with Crippen molar-refractivity contribution in [2.24, 2.45) is 22.7 Å². The average molecular weight is 543 g/mol. The molecule has 0 atom stereocenters. The van der Waals surface area contributed by atoms with E-state index in [9.17, 15) is 5.11 Å². The zero-order valence-corrected chi connectivity index (χ0v) is 22.9. The number of anilines is 1. The summed E-state index contributed by atoms with van der Waals surface area (Å²) in [6, 6.07) is 4.87. The van der Waals surface area contributed by atoms with Gasteiger partial charge in [-0.15, -0.1) is 0 Å². The van der Waals surface area contributed by atoms with Crippen LogP contribution in [0.15, 0.2) is 17.1 Å². The van der Waals surface area contributed by atoms with Crippen molar-refractivity contribution in [3.05, 3.63) is 23.3 Å². The minimum absolute atomic E-state index is 0.207. The Labute approximate surface area is 206 Å². The Hall–Kier alpha value is -0.0469. The molecule has 170 valence electrons. The monoisotopic (exact) mass is 540 g/mol. The first kappa shape index (κ1) is 24.1. The standard InChI is InChI=1S/C25H36N2O.2ClH.Zr/c1-27(2)22-11-20(16-26-21-6-4-3-5-7-21)24(28)23(12-22)25-13-17-8-18(14-25)10-19(9-17)15-25;;;/h11-12,16-19,21,28H,3-10,13-15H2,1-2H3;2*1H;/q;;;+2/p-2. The molecule has 0 radical (unpaired) electrons. The summed E-state index contributed by atoms with van der Waals surface area (Å²) in [5.74, 6) is 3.17. The Kier molecular flexibility index (Phi) is 8.14. The molecule has 6 heteroatoms. The van der Waals surface area contributed by atoms with Crippen molar-refractivity contribution in [2.75, 3.05) is 19.0 Å². The van der Waals surface area contributed by atoms with Gasteiger partial charge in [0.15, 0.2) is 0 Å². The fourth-order valence-electron chi connectivity index (χ4n) is 7.26. The van der Waals surface area contributed by atoms with Crippen molar-refractivity contribution in [1.29, 1.82) is 0 Å². The number of aromatic hydroxyl groups is 1.